The molecule has 6 rings (SSSR count). The third-order valence-electron chi connectivity index (χ3n) is 10.3. The van der Waals surface area contributed by atoms with Gasteiger partial charge in [0.2, 0.25) is 17.3 Å². The van der Waals surface area contributed by atoms with Crippen LogP contribution in [0.15, 0.2) is 11.1 Å². The number of aromatic hydroxyl groups is 2. The number of hydrogen-bond donors (Lipinski definition) is 7. The summed E-state index contributed by atoms with van der Waals surface area (Å²) in [6, 6.07) is 0.790. The highest BCUT2D eigenvalue weighted by atomic mass is 16.6. The van der Waals surface area contributed by atoms with Crippen LogP contribution in [0.5, 0.6) is 11.5 Å². The van der Waals surface area contributed by atoms with E-state index in [0.717, 1.165) is 13.2 Å². The molecule has 50 heavy (non-hydrogen) atoms. The second-order valence-electron chi connectivity index (χ2n) is 12.6. The van der Waals surface area contributed by atoms with Crippen molar-refractivity contribution in [2.45, 2.75) is 74.6 Å². The molecule has 3 aliphatic carbocycles. The fraction of sp³-hybridized carbons (Fsp3) is 0.455. The van der Waals surface area contributed by atoms with Gasteiger partial charge in [-0.25, -0.2) is 4.79 Å². The van der Waals surface area contributed by atoms with Crippen LogP contribution in [-0.4, -0.2) is 129 Å². The molecule has 0 aromatic heterocycles. The third-order valence-corrected chi connectivity index (χ3v) is 10.3. The average Bonchev–Trinajstić information content (AvgIpc) is 3.04. The van der Waals surface area contributed by atoms with E-state index in [4.69, 9.17) is 24.7 Å². The van der Waals surface area contributed by atoms with Gasteiger partial charge in [-0.1, -0.05) is 0 Å². The summed E-state index contributed by atoms with van der Waals surface area (Å²) in [5, 5.41) is 67.2. The lowest BCUT2D eigenvalue weighted by Gasteiger charge is -2.53. The van der Waals surface area contributed by atoms with Crippen molar-refractivity contribution in [3.63, 3.8) is 0 Å². The van der Waals surface area contributed by atoms with Gasteiger partial charge in [-0.05, 0) is 31.0 Å². The smallest absolute Gasteiger partial charge is 0.339 e. The Morgan fingerprint density at radius 2 is 1.64 bits per heavy atom. The van der Waals surface area contributed by atoms with Crippen LogP contribution in [0, 0.1) is 6.92 Å². The number of anilines is 1. The molecule has 8 atom stereocenters. The number of fused-ring (bicyclic) bond motifs is 5. The highest BCUT2D eigenvalue weighted by molar-refractivity contribution is 6.53. The minimum atomic E-state index is -3.37. The van der Waals surface area contributed by atoms with Crippen LogP contribution in [0.2, 0.25) is 0 Å². The zero-order valence-electron chi connectivity index (χ0n) is 27.3. The Hall–Kier alpha value is -4.62. The molecule has 17 heteroatoms. The average molecular weight is 699 g/mol. The third kappa shape index (κ3) is 4.25. The number of nitrogens with zero attached hydrogens (tertiary/aromatic N) is 1. The van der Waals surface area contributed by atoms with Gasteiger partial charge in [-0.15, -0.1) is 0 Å². The largest absolute Gasteiger partial charge is 0.507 e. The molecule has 266 valence electrons. The Bertz CT molecular complexity index is 1960. The number of ether oxygens (including phenoxy) is 4. The Morgan fingerprint density at radius 3 is 2.22 bits per heavy atom. The number of aliphatic hydroxyl groups is 3. The van der Waals surface area contributed by atoms with Gasteiger partial charge in [0.25, 0.3) is 0 Å². The number of hydrogen-bond acceptors (Lipinski definition) is 16. The summed E-state index contributed by atoms with van der Waals surface area (Å²) in [5.41, 5.74) is -5.80. The number of carboxylic acid groups (broad SMARTS) is 1. The Balaban J connectivity index is 1.57. The lowest BCUT2D eigenvalue weighted by molar-refractivity contribution is -0.228. The van der Waals surface area contributed by atoms with Gasteiger partial charge in [-0.3, -0.25) is 24.2 Å². The SMILES string of the molecule is CO[C@@H]1[C@@H](O)[C@@H](OC)[C@@H](N=C2CC(=O)c3c(cc4c(c3O)C(=O)C3(OC)C(O)Cc5c(N)c(C)c(C(=O)O)c(O)c5C3(O)C4=O)C2=O)O[C@H]1C. The molecule has 1 saturated heterocycles. The van der Waals surface area contributed by atoms with Crippen molar-refractivity contribution < 1.29 is 73.6 Å². The van der Waals surface area contributed by atoms with Gasteiger partial charge < -0.3 is 55.3 Å². The molecular formula is C33H34N2O15. The Kier molecular flexibility index (Phi) is 8.26. The number of Topliss-reactive ketones (excluding diaryl/α,β-unsaturated/α-hetero) is 4. The van der Waals surface area contributed by atoms with Gasteiger partial charge >= 0.3 is 5.97 Å². The molecule has 0 bridgehead atoms. The van der Waals surface area contributed by atoms with E-state index < -0.39 is 140 Å². The highest BCUT2D eigenvalue weighted by Crippen LogP contribution is 2.57. The maximum Gasteiger partial charge on any atom is 0.339 e. The summed E-state index contributed by atoms with van der Waals surface area (Å²) in [6.45, 7) is 2.84. The van der Waals surface area contributed by atoms with Gasteiger partial charge in [0.1, 0.15) is 35.4 Å². The zero-order chi connectivity index (χ0) is 36.9. The predicted octanol–water partition coefficient (Wildman–Crippen LogP) is -0.399. The van der Waals surface area contributed by atoms with E-state index in [-0.39, 0.29) is 16.8 Å². The number of phenols is 2. The van der Waals surface area contributed by atoms with Gasteiger partial charge in [-0.2, -0.15) is 0 Å². The van der Waals surface area contributed by atoms with Crippen molar-refractivity contribution in [2.75, 3.05) is 27.1 Å². The molecule has 2 aromatic rings. The number of ketones is 4. The van der Waals surface area contributed by atoms with E-state index in [1.807, 2.05) is 0 Å². The lowest BCUT2D eigenvalue weighted by atomic mass is 9.56. The zero-order valence-corrected chi connectivity index (χ0v) is 27.3. The molecule has 4 aliphatic rings. The van der Waals surface area contributed by atoms with Crippen molar-refractivity contribution in [1.82, 2.24) is 0 Å². The van der Waals surface area contributed by atoms with E-state index >= 15 is 0 Å². The molecule has 1 fully saturated rings. The maximum absolute atomic E-state index is 14.6. The van der Waals surface area contributed by atoms with E-state index in [1.54, 1.807) is 6.92 Å². The quantitative estimate of drug-likeness (QED) is 0.154. The van der Waals surface area contributed by atoms with Crippen LogP contribution in [0.4, 0.5) is 5.69 Å². The molecule has 17 nitrogen and oxygen atoms in total. The number of carbonyl (C=O) groups is 5. The van der Waals surface area contributed by atoms with Crippen LogP contribution >= 0.6 is 0 Å². The normalized spacial score (nSPS) is 32.8. The fourth-order valence-corrected chi connectivity index (χ4v) is 7.90. The van der Waals surface area contributed by atoms with Gasteiger partial charge in [0, 0.05) is 50.1 Å². The number of nitrogen functional groups attached to an aromatic ring is 1. The summed E-state index contributed by atoms with van der Waals surface area (Å²) in [7, 11) is 3.48. The first-order valence-corrected chi connectivity index (χ1v) is 15.3. The molecule has 0 radical (unpaired) electrons. The molecule has 0 saturated carbocycles. The number of nitrogens with two attached hydrogens (primary N) is 1. The fourth-order valence-electron chi connectivity index (χ4n) is 7.90. The first kappa shape index (κ1) is 35.2. The Labute approximate surface area is 282 Å². The summed E-state index contributed by atoms with van der Waals surface area (Å²) < 4.78 is 21.9. The number of carbonyl (C=O) groups excluding carboxylic acids is 4. The van der Waals surface area contributed by atoms with E-state index in [2.05, 4.69) is 4.99 Å². The summed E-state index contributed by atoms with van der Waals surface area (Å²) in [6.07, 6.45) is -8.63. The van der Waals surface area contributed by atoms with Crippen LogP contribution in [-0.2, 0) is 31.0 Å². The number of rotatable bonds is 5. The van der Waals surface area contributed by atoms with E-state index in [0.29, 0.717) is 0 Å². The van der Waals surface area contributed by atoms with Crippen molar-refractivity contribution in [2.24, 2.45) is 4.99 Å². The van der Waals surface area contributed by atoms with E-state index in [9.17, 15) is 54.6 Å². The summed E-state index contributed by atoms with van der Waals surface area (Å²) in [5.74, 6) is -8.72. The first-order chi connectivity index (χ1) is 23.5. The molecule has 8 N–H and O–H groups in total. The molecule has 3 unspecified atom stereocenters. The molecule has 2 aromatic carbocycles. The number of aromatic carboxylic acids is 1. The number of aliphatic imine (C=N–C) groups is 1. The van der Waals surface area contributed by atoms with Crippen molar-refractivity contribution in [3.8, 4) is 11.5 Å². The van der Waals surface area contributed by atoms with Crippen LogP contribution in [0.25, 0.3) is 0 Å². The second kappa shape index (κ2) is 11.7. The topological polar surface area (TPSA) is 282 Å². The molecule has 0 spiro atoms. The lowest BCUT2D eigenvalue weighted by Crippen LogP contribution is -2.73. The van der Waals surface area contributed by atoms with Crippen LogP contribution in [0.1, 0.15) is 81.8 Å². The van der Waals surface area contributed by atoms with Crippen molar-refractivity contribution in [1.29, 1.82) is 0 Å². The number of phenolic OH excluding ortho intramolecular Hbond substituents is 1. The van der Waals surface area contributed by atoms with Crippen molar-refractivity contribution in [3.05, 3.63) is 50.6 Å². The monoisotopic (exact) mass is 698 g/mol. The minimum absolute atomic E-state index is 0.149. The molecular weight excluding hydrogens is 664 g/mol. The second-order valence-corrected chi connectivity index (χ2v) is 12.6. The number of benzene rings is 2. The predicted molar refractivity (Wildman–Crippen MR) is 167 cm³/mol. The van der Waals surface area contributed by atoms with Crippen molar-refractivity contribution >= 4 is 40.5 Å². The Morgan fingerprint density at radius 1 is 1.00 bits per heavy atom. The molecule has 1 heterocycles. The molecule has 0 amide bonds. The van der Waals surface area contributed by atoms with Crippen LogP contribution < -0.4 is 5.73 Å². The van der Waals surface area contributed by atoms with Gasteiger partial charge in [0.05, 0.1) is 35.5 Å². The van der Waals surface area contributed by atoms with Crippen LogP contribution in [0.3, 0.4) is 0 Å². The molecule has 1 aliphatic heterocycles. The highest BCUT2D eigenvalue weighted by Gasteiger charge is 2.73. The summed E-state index contributed by atoms with van der Waals surface area (Å²) in [4.78, 5) is 72.8. The number of aliphatic hydroxyl groups excluding tert-OH is 2. The maximum atomic E-state index is 14.6. The van der Waals surface area contributed by atoms with Gasteiger partial charge in [0.15, 0.2) is 23.2 Å². The number of carboxylic acids is 1. The standard InChI is InChI=1S/C33H34N2O15/c1-9-17(31(44)45)24(40)20-13(21(9)34)7-16(37)33(49-5)29(43)19-12(28(42)32(20,33)46)6-11-18(23(19)39)15(36)8-14(22(11)38)35-30-27(48-4)25(41)26(47-3)10(2)50-30/h6,10,16,25-27,30,37,39-41,46H,7-8,34H2,1-5H3,(H,44,45)/t10-,16?,25+,26-,27+,30-,32?,33?/m0/s1. The number of methoxy groups -OCH3 is 3. The summed E-state index contributed by atoms with van der Waals surface area (Å²) >= 11 is 0. The minimum Gasteiger partial charge on any atom is -0.507 e. The first-order valence-electron chi connectivity index (χ1n) is 15.3. The van der Waals surface area contributed by atoms with E-state index in [1.165, 1.54) is 21.1 Å².